The molecule has 0 N–H and O–H groups in total. The van der Waals surface area contributed by atoms with Gasteiger partial charge < -0.3 is 0 Å². The van der Waals surface area contributed by atoms with Crippen molar-refractivity contribution in [3.63, 3.8) is 0 Å². The molecule has 0 nitrogen and oxygen atoms in total. The van der Waals surface area contributed by atoms with Crippen LogP contribution in [-0.4, -0.2) is 0 Å². The Balaban J connectivity index is 2.78. The Bertz CT molecular complexity index is 241. The molecule has 0 amide bonds. The van der Waals surface area contributed by atoms with Gasteiger partial charge in [0.1, 0.15) is 0 Å². The minimum Gasteiger partial charge on any atom is -0.102 e. The molecule has 0 aliphatic heterocycles. The number of hydrogen-bond acceptors (Lipinski definition) is 0. The predicted octanol–water partition coefficient (Wildman–Crippen LogP) is 3.64. The zero-order valence-corrected chi connectivity index (χ0v) is 7.72. The first-order chi connectivity index (χ1) is 5.75. The first kappa shape index (κ1) is 9.05. The molecule has 1 aliphatic rings. The molecule has 12 heavy (non-hydrogen) atoms. The summed E-state index contributed by atoms with van der Waals surface area (Å²) in [5.74, 6) is 0.349. The first-order valence-electron chi connectivity index (χ1n) is 4.40. The quantitative estimate of drug-likeness (QED) is 0.553. The lowest BCUT2D eigenvalue weighted by atomic mass is 9.89. The normalized spacial score (nSPS) is 18.2. The van der Waals surface area contributed by atoms with E-state index in [1.54, 1.807) is 0 Å². The summed E-state index contributed by atoms with van der Waals surface area (Å²) in [6, 6.07) is 0. The van der Waals surface area contributed by atoms with Crippen molar-refractivity contribution in [1.29, 1.82) is 0 Å². The first-order valence-corrected chi connectivity index (χ1v) is 4.40. The van der Waals surface area contributed by atoms with Crippen molar-refractivity contribution in [3.8, 4) is 0 Å². The van der Waals surface area contributed by atoms with Crippen molar-refractivity contribution in [2.24, 2.45) is 5.92 Å². The van der Waals surface area contributed by atoms with E-state index in [4.69, 9.17) is 0 Å². The van der Waals surface area contributed by atoms with Gasteiger partial charge in [-0.1, -0.05) is 36.5 Å². The minimum atomic E-state index is 0.349. The van der Waals surface area contributed by atoms with E-state index in [0.29, 0.717) is 5.92 Å². The van der Waals surface area contributed by atoms with Crippen molar-refractivity contribution in [2.75, 3.05) is 0 Å². The Morgan fingerprint density at radius 1 is 1.58 bits per heavy atom. The maximum absolute atomic E-state index is 3.96. The molecule has 0 fully saturated rings. The zero-order valence-electron chi connectivity index (χ0n) is 7.72. The van der Waals surface area contributed by atoms with Gasteiger partial charge in [0.2, 0.25) is 0 Å². The molecule has 0 saturated heterocycles. The average Bonchev–Trinajstić information content (AvgIpc) is 2.07. The molecule has 1 unspecified atom stereocenters. The van der Waals surface area contributed by atoms with Crippen LogP contribution in [0.2, 0.25) is 0 Å². The second kappa shape index (κ2) is 4.10. The molecule has 0 heteroatoms. The van der Waals surface area contributed by atoms with Gasteiger partial charge in [-0.15, -0.1) is 6.58 Å². The topological polar surface area (TPSA) is 0 Å². The van der Waals surface area contributed by atoms with E-state index in [-0.39, 0.29) is 0 Å². The lowest BCUT2D eigenvalue weighted by Gasteiger charge is -2.16. The van der Waals surface area contributed by atoms with E-state index in [0.717, 1.165) is 6.42 Å². The highest BCUT2D eigenvalue weighted by atomic mass is 14.1. The summed E-state index contributed by atoms with van der Waals surface area (Å²) in [7, 11) is 0. The summed E-state index contributed by atoms with van der Waals surface area (Å²) in [6.45, 7) is 9.83. The van der Waals surface area contributed by atoms with Crippen molar-refractivity contribution in [3.05, 3.63) is 48.6 Å². The van der Waals surface area contributed by atoms with Crippen molar-refractivity contribution >= 4 is 0 Å². The molecule has 64 valence electrons. The zero-order chi connectivity index (χ0) is 8.97. The molecule has 0 saturated carbocycles. The van der Waals surface area contributed by atoms with Gasteiger partial charge in [-0.2, -0.15) is 0 Å². The number of hydrogen-bond donors (Lipinski definition) is 0. The summed E-state index contributed by atoms with van der Waals surface area (Å²) < 4.78 is 0. The molecular weight excluding hydrogens is 144 g/mol. The van der Waals surface area contributed by atoms with Gasteiger partial charge in [-0.05, 0) is 25.3 Å². The minimum absolute atomic E-state index is 0.349. The monoisotopic (exact) mass is 160 g/mol. The van der Waals surface area contributed by atoms with Gasteiger partial charge in [-0.25, -0.2) is 0 Å². The maximum atomic E-state index is 3.96. The molecule has 1 aliphatic carbocycles. The molecular formula is C12H16. The highest BCUT2D eigenvalue weighted by Crippen LogP contribution is 2.24. The van der Waals surface area contributed by atoms with Crippen molar-refractivity contribution in [2.45, 2.75) is 19.8 Å². The van der Waals surface area contributed by atoms with E-state index in [9.17, 15) is 0 Å². The Hall–Kier alpha value is -1.04. The average molecular weight is 160 g/mol. The molecule has 0 aromatic heterocycles. The van der Waals surface area contributed by atoms with Crippen LogP contribution in [0.1, 0.15) is 19.8 Å². The van der Waals surface area contributed by atoms with Crippen LogP contribution in [-0.2, 0) is 0 Å². The second-order valence-corrected chi connectivity index (χ2v) is 3.24. The summed E-state index contributed by atoms with van der Waals surface area (Å²) in [5.41, 5.74) is 2.52. The van der Waals surface area contributed by atoms with Gasteiger partial charge in [0.15, 0.2) is 0 Å². The molecule has 0 spiro atoms. The second-order valence-electron chi connectivity index (χ2n) is 3.24. The fraction of sp³-hybridized carbons (Fsp3) is 0.333. The van der Waals surface area contributed by atoms with Crippen LogP contribution >= 0.6 is 0 Å². The SMILES string of the molecule is C=CC(C(=C)C)C1=CCCC=C1. The molecule has 1 atom stereocenters. The van der Waals surface area contributed by atoms with Gasteiger partial charge >= 0.3 is 0 Å². The standard InChI is InChI=1S/C12H16/c1-4-12(10(2)3)11-8-6-5-7-9-11/h4,6,8-9,12H,1-2,5,7H2,3H3. The van der Waals surface area contributed by atoms with Crippen LogP contribution in [0.25, 0.3) is 0 Å². The Morgan fingerprint density at radius 3 is 2.75 bits per heavy atom. The van der Waals surface area contributed by atoms with Gasteiger partial charge in [0.25, 0.3) is 0 Å². The Morgan fingerprint density at radius 2 is 2.33 bits per heavy atom. The molecule has 0 radical (unpaired) electrons. The smallest absolute Gasteiger partial charge is 0.0217 e. The molecule has 1 rings (SSSR count). The Kier molecular flexibility index (Phi) is 3.09. The third kappa shape index (κ3) is 1.97. The predicted molar refractivity (Wildman–Crippen MR) is 55.0 cm³/mol. The lowest BCUT2D eigenvalue weighted by Crippen LogP contribution is -2.01. The van der Waals surface area contributed by atoms with E-state index in [1.165, 1.54) is 17.6 Å². The third-order valence-corrected chi connectivity index (χ3v) is 2.15. The Labute approximate surface area is 75.0 Å². The van der Waals surface area contributed by atoms with E-state index >= 15 is 0 Å². The highest BCUT2D eigenvalue weighted by Gasteiger charge is 2.09. The molecule has 0 aromatic rings. The highest BCUT2D eigenvalue weighted by molar-refractivity contribution is 5.33. The third-order valence-electron chi connectivity index (χ3n) is 2.15. The van der Waals surface area contributed by atoms with Crippen LogP contribution in [0, 0.1) is 5.92 Å². The largest absolute Gasteiger partial charge is 0.102 e. The van der Waals surface area contributed by atoms with Gasteiger partial charge in [0.05, 0.1) is 0 Å². The van der Waals surface area contributed by atoms with Crippen LogP contribution in [0.5, 0.6) is 0 Å². The molecule has 0 bridgehead atoms. The summed E-state index contributed by atoms with van der Waals surface area (Å²) in [6.07, 6.45) is 11.0. The van der Waals surface area contributed by atoms with Crippen LogP contribution in [0.3, 0.4) is 0 Å². The van der Waals surface area contributed by atoms with Gasteiger partial charge in [-0.3, -0.25) is 0 Å². The molecule has 0 heterocycles. The maximum Gasteiger partial charge on any atom is 0.0217 e. The van der Waals surface area contributed by atoms with Crippen molar-refractivity contribution < 1.29 is 0 Å². The van der Waals surface area contributed by atoms with E-state index in [2.05, 4.69) is 38.3 Å². The van der Waals surface area contributed by atoms with E-state index in [1.807, 2.05) is 6.08 Å². The number of allylic oxidation sites excluding steroid dienone is 6. The van der Waals surface area contributed by atoms with Gasteiger partial charge in [0, 0.05) is 5.92 Å². The van der Waals surface area contributed by atoms with E-state index < -0.39 is 0 Å². The fourth-order valence-corrected chi connectivity index (χ4v) is 1.49. The van der Waals surface area contributed by atoms with Crippen LogP contribution < -0.4 is 0 Å². The summed E-state index contributed by atoms with van der Waals surface area (Å²) in [4.78, 5) is 0. The van der Waals surface area contributed by atoms with Crippen LogP contribution in [0.4, 0.5) is 0 Å². The summed E-state index contributed by atoms with van der Waals surface area (Å²) in [5, 5.41) is 0. The molecule has 0 aromatic carbocycles. The number of rotatable bonds is 3. The van der Waals surface area contributed by atoms with Crippen LogP contribution in [0.15, 0.2) is 48.6 Å². The summed E-state index contributed by atoms with van der Waals surface area (Å²) >= 11 is 0. The lowest BCUT2D eigenvalue weighted by molar-refractivity contribution is 0.886. The van der Waals surface area contributed by atoms with Crippen molar-refractivity contribution in [1.82, 2.24) is 0 Å². The fourth-order valence-electron chi connectivity index (χ4n) is 1.49.